The molecule has 0 aliphatic heterocycles. The zero-order valence-corrected chi connectivity index (χ0v) is 13.6. The van der Waals surface area contributed by atoms with Crippen LogP contribution in [0, 0.1) is 0 Å². The molecule has 2 N–H and O–H groups in total. The molecule has 1 aromatic rings. The van der Waals surface area contributed by atoms with Gasteiger partial charge in [-0.2, -0.15) is 0 Å². The van der Waals surface area contributed by atoms with Gasteiger partial charge in [0.05, 0.1) is 5.02 Å². The number of amides is 1. The molecule has 1 rings (SSSR count). The van der Waals surface area contributed by atoms with E-state index in [1.807, 2.05) is 0 Å². The monoisotopic (exact) mass is 347 g/mol. The summed E-state index contributed by atoms with van der Waals surface area (Å²) in [7, 11) is 0. The highest BCUT2D eigenvalue weighted by molar-refractivity contribution is 6.34. The van der Waals surface area contributed by atoms with Crippen LogP contribution in [0.1, 0.15) is 32.1 Å². The predicted octanol–water partition coefficient (Wildman–Crippen LogP) is 3.52. The summed E-state index contributed by atoms with van der Waals surface area (Å²) in [4.78, 5) is 21.9. The molecule has 0 fully saturated rings. The van der Waals surface area contributed by atoms with E-state index in [1.165, 1.54) is 0 Å². The number of nitrogens with one attached hydrogen (secondary N) is 1. The van der Waals surface area contributed by atoms with Gasteiger partial charge >= 0.3 is 5.97 Å². The van der Waals surface area contributed by atoms with Crippen LogP contribution in [0.15, 0.2) is 18.2 Å². The van der Waals surface area contributed by atoms with Crippen molar-refractivity contribution in [3.63, 3.8) is 0 Å². The molecule has 5 nitrogen and oxygen atoms in total. The maximum atomic E-state index is 11.6. The average Bonchev–Trinajstić information content (AvgIpc) is 2.47. The van der Waals surface area contributed by atoms with Gasteiger partial charge in [-0.05, 0) is 25.0 Å². The highest BCUT2D eigenvalue weighted by Crippen LogP contribution is 2.27. The second kappa shape index (κ2) is 10.3. The number of halogens is 2. The lowest BCUT2D eigenvalue weighted by atomic mass is 10.1. The van der Waals surface area contributed by atoms with E-state index in [1.54, 1.807) is 18.2 Å². The van der Waals surface area contributed by atoms with Gasteiger partial charge in [0.1, 0.15) is 5.75 Å². The first kappa shape index (κ1) is 18.6. The molecule has 0 saturated heterocycles. The summed E-state index contributed by atoms with van der Waals surface area (Å²) in [5, 5.41) is 12.1. The molecule has 0 aliphatic carbocycles. The molecule has 0 heterocycles. The van der Waals surface area contributed by atoms with E-state index >= 15 is 0 Å². The van der Waals surface area contributed by atoms with Gasteiger partial charge in [0.15, 0.2) is 6.61 Å². The first-order valence-corrected chi connectivity index (χ1v) is 7.81. The largest absolute Gasteiger partial charge is 0.482 e. The Morgan fingerprint density at radius 1 is 1.14 bits per heavy atom. The average molecular weight is 348 g/mol. The van der Waals surface area contributed by atoms with E-state index in [-0.39, 0.29) is 18.9 Å². The van der Waals surface area contributed by atoms with Crippen molar-refractivity contribution in [2.75, 3.05) is 13.2 Å². The molecule has 0 aliphatic rings. The number of benzene rings is 1. The molecule has 122 valence electrons. The number of ether oxygens (including phenoxy) is 1. The Morgan fingerprint density at radius 2 is 1.86 bits per heavy atom. The van der Waals surface area contributed by atoms with Gasteiger partial charge in [-0.25, -0.2) is 0 Å². The van der Waals surface area contributed by atoms with Crippen molar-refractivity contribution in [2.24, 2.45) is 0 Å². The minimum absolute atomic E-state index is 0.126. The number of hydrogen-bond acceptors (Lipinski definition) is 3. The van der Waals surface area contributed by atoms with Crippen molar-refractivity contribution >= 4 is 35.1 Å². The molecule has 0 saturated carbocycles. The SMILES string of the molecule is O=C(O)CCCCCCNC(=O)COc1cc(Cl)ccc1Cl. The van der Waals surface area contributed by atoms with E-state index in [0.29, 0.717) is 28.8 Å². The lowest BCUT2D eigenvalue weighted by molar-refractivity contribution is -0.137. The second-order valence-electron chi connectivity index (χ2n) is 4.77. The Bertz CT molecular complexity index is 508. The Hall–Kier alpha value is -1.46. The van der Waals surface area contributed by atoms with Crippen molar-refractivity contribution in [2.45, 2.75) is 32.1 Å². The number of carboxylic acids is 1. The lowest BCUT2D eigenvalue weighted by Gasteiger charge is -2.09. The number of unbranched alkanes of at least 4 members (excludes halogenated alkanes) is 3. The molecular weight excluding hydrogens is 329 g/mol. The number of hydrogen-bond donors (Lipinski definition) is 2. The third-order valence-corrected chi connectivity index (χ3v) is 3.44. The molecular formula is C15H19Cl2NO4. The summed E-state index contributed by atoms with van der Waals surface area (Å²) in [6.07, 6.45) is 3.40. The Kier molecular flexibility index (Phi) is 8.70. The highest BCUT2D eigenvalue weighted by atomic mass is 35.5. The maximum Gasteiger partial charge on any atom is 0.303 e. The third kappa shape index (κ3) is 8.10. The van der Waals surface area contributed by atoms with Crippen molar-refractivity contribution in [1.82, 2.24) is 5.32 Å². The van der Waals surface area contributed by atoms with Crippen LogP contribution in [-0.2, 0) is 9.59 Å². The third-order valence-electron chi connectivity index (χ3n) is 2.89. The molecule has 0 spiro atoms. The fourth-order valence-electron chi connectivity index (χ4n) is 1.76. The number of aliphatic carboxylic acids is 1. The lowest BCUT2D eigenvalue weighted by Crippen LogP contribution is -2.29. The summed E-state index contributed by atoms with van der Waals surface area (Å²) in [5.74, 6) is -0.635. The summed E-state index contributed by atoms with van der Waals surface area (Å²) in [5.41, 5.74) is 0. The van der Waals surface area contributed by atoms with E-state index in [9.17, 15) is 9.59 Å². The molecule has 0 radical (unpaired) electrons. The summed E-state index contributed by atoms with van der Waals surface area (Å²) in [6.45, 7) is 0.414. The van der Waals surface area contributed by atoms with Crippen molar-refractivity contribution in [3.05, 3.63) is 28.2 Å². The van der Waals surface area contributed by atoms with Crippen molar-refractivity contribution in [1.29, 1.82) is 0 Å². The van der Waals surface area contributed by atoms with Gasteiger partial charge in [0.2, 0.25) is 0 Å². The molecule has 22 heavy (non-hydrogen) atoms. The second-order valence-corrected chi connectivity index (χ2v) is 5.61. The highest BCUT2D eigenvalue weighted by Gasteiger charge is 2.06. The van der Waals surface area contributed by atoms with Crippen molar-refractivity contribution < 1.29 is 19.4 Å². The van der Waals surface area contributed by atoms with Gasteiger partial charge in [0.25, 0.3) is 5.91 Å². The molecule has 0 unspecified atom stereocenters. The first-order chi connectivity index (χ1) is 10.5. The van der Waals surface area contributed by atoms with E-state index < -0.39 is 5.97 Å². The normalized spacial score (nSPS) is 10.3. The zero-order valence-electron chi connectivity index (χ0n) is 12.1. The fraction of sp³-hybridized carbons (Fsp3) is 0.467. The summed E-state index contributed by atoms with van der Waals surface area (Å²) >= 11 is 11.7. The Labute approximate surface area is 139 Å². The van der Waals surface area contributed by atoms with Gasteiger partial charge in [0, 0.05) is 24.1 Å². The van der Waals surface area contributed by atoms with Crippen LogP contribution in [0.5, 0.6) is 5.75 Å². The molecule has 7 heteroatoms. The zero-order chi connectivity index (χ0) is 16.4. The van der Waals surface area contributed by atoms with Crippen LogP contribution in [-0.4, -0.2) is 30.1 Å². The Balaban J connectivity index is 2.11. The van der Waals surface area contributed by atoms with Gasteiger partial charge in [-0.15, -0.1) is 0 Å². The minimum Gasteiger partial charge on any atom is -0.482 e. The van der Waals surface area contributed by atoms with Gasteiger partial charge in [-0.1, -0.05) is 36.0 Å². The number of carbonyl (C=O) groups excluding carboxylic acids is 1. The summed E-state index contributed by atoms with van der Waals surface area (Å²) in [6, 6.07) is 4.80. The standard InChI is InChI=1S/C15H19Cl2NO4/c16-11-6-7-12(17)13(9-11)22-10-14(19)18-8-4-2-1-3-5-15(20)21/h6-7,9H,1-5,8,10H2,(H,18,19)(H,20,21). The predicted molar refractivity (Wildman–Crippen MR) is 85.7 cm³/mol. The molecule has 1 amide bonds. The van der Waals surface area contributed by atoms with Crippen LogP contribution >= 0.6 is 23.2 Å². The topological polar surface area (TPSA) is 75.6 Å². The molecule has 0 atom stereocenters. The van der Waals surface area contributed by atoms with Crippen LogP contribution in [0.2, 0.25) is 10.0 Å². The van der Waals surface area contributed by atoms with E-state index in [4.69, 9.17) is 33.0 Å². The summed E-state index contributed by atoms with van der Waals surface area (Å²) < 4.78 is 5.31. The van der Waals surface area contributed by atoms with Crippen LogP contribution < -0.4 is 10.1 Å². The minimum atomic E-state index is -0.773. The number of carbonyl (C=O) groups is 2. The number of carboxylic acid groups (broad SMARTS) is 1. The number of rotatable bonds is 10. The quantitative estimate of drug-likeness (QED) is 0.635. The van der Waals surface area contributed by atoms with Gasteiger partial charge < -0.3 is 15.2 Å². The van der Waals surface area contributed by atoms with Crippen LogP contribution in [0.4, 0.5) is 0 Å². The Morgan fingerprint density at radius 3 is 2.59 bits per heavy atom. The van der Waals surface area contributed by atoms with E-state index in [2.05, 4.69) is 5.32 Å². The molecule has 0 bridgehead atoms. The van der Waals surface area contributed by atoms with Gasteiger partial charge in [-0.3, -0.25) is 9.59 Å². The van der Waals surface area contributed by atoms with Crippen LogP contribution in [0.3, 0.4) is 0 Å². The van der Waals surface area contributed by atoms with Crippen molar-refractivity contribution in [3.8, 4) is 5.75 Å². The first-order valence-electron chi connectivity index (χ1n) is 7.05. The molecule has 1 aromatic carbocycles. The smallest absolute Gasteiger partial charge is 0.303 e. The van der Waals surface area contributed by atoms with E-state index in [0.717, 1.165) is 19.3 Å². The van der Waals surface area contributed by atoms with Crippen LogP contribution in [0.25, 0.3) is 0 Å². The fourth-order valence-corrected chi connectivity index (χ4v) is 2.10. The molecule has 0 aromatic heterocycles. The maximum absolute atomic E-state index is 11.6.